The van der Waals surface area contributed by atoms with Crippen molar-refractivity contribution in [3.63, 3.8) is 0 Å². The second-order valence-electron chi connectivity index (χ2n) is 6.44. The topological polar surface area (TPSA) is 75.7 Å². The van der Waals surface area contributed by atoms with Crippen LogP contribution in [0.25, 0.3) is 0 Å². The number of amides is 1. The molecule has 0 aliphatic carbocycles. The normalized spacial score (nSPS) is 11.0. The predicted octanol–water partition coefficient (Wildman–Crippen LogP) is 4.55. The van der Waals surface area contributed by atoms with Gasteiger partial charge in [-0.25, -0.2) is 8.42 Å². The van der Waals surface area contributed by atoms with Crippen molar-refractivity contribution in [3.8, 4) is 5.75 Å². The fourth-order valence-electron chi connectivity index (χ4n) is 3.02. The highest BCUT2D eigenvalue weighted by molar-refractivity contribution is 7.92. The third kappa shape index (κ3) is 4.80. The number of sulfonamides is 1. The molecule has 0 aromatic heterocycles. The molecule has 0 saturated heterocycles. The third-order valence-electron chi connectivity index (χ3n) is 4.44. The van der Waals surface area contributed by atoms with E-state index in [9.17, 15) is 13.2 Å². The van der Waals surface area contributed by atoms with Gasteiger partial charge in [-0.05, 0) is 68.4 Å². The summed E-state index contributed by atoms with van der Waals surface area (Å²) in [5, 5.41) is 2.78. The van der Waals surface area contributed by atoms with Gasteiger partial charge in [0.25, 0.3) is 15.9 Å². The Morgan fingerprint density at radius 3 is 2.27 bits per heavy atom. The lowest BCUT2D eigenvalue weighted by Gasteiger charge is -2.23. The number of hydrogen-bond acceptors (Lipinski definition) is 4. The molecule has 1 N–H and O–H groups in total. The Labute approximate surface area is 177 Å². The number of benzene rings is 3. The quantitative estimate of drug-likeness (QED) is 0.575. The number of nitrogens with zero attached hydrogens (tertiary/aromatic N) is 1. The molecule has 0 unspecified atom stereocenters. The number of hydrogen-bond donors (Lipinski definition) is 1. The molecule has 0 radical (unpaired) electrons. The summed E-state index contributed by atoms with van der Waals surface area (Å²) in [4.78, 5) is 12.7. The summed E-state index contributed by atoms with van der Waals surface area (Å²) < 4.78 is 33.1. The van der Waals surface area contributed by atoms with Crippen molar-refractivity contribution in [2.24, 2.45) is 0 Å². The molecule has 1 amide bonds. The molecule has 30 heavy (non-hydrogen) atoms. The van der Waals surface area contributed by atoms with Crippen LogP contribution in [0.4, 0.5) is 11.4 Å². The van der Waals surface area contributed by atoms with Gasteiger partial charge in [0, 0.05) is 17.8 Å². The number of anilines is 2. The largest absolute Gasteiger partial charge is 0.494 e. The van der Waals surface area contributed by atoms with E-state index in [-0.39, 0.29) is 22.9 Å². The maximum atomic E-state index is 13.2. The van der Waals surface area contributed by atoms with Gasteiger partial charge in [0.15, 0.2) is 0 Å². The van der Waals surface area contributed by atoms with Crippen molar-refractivity contribution >= 4 is 27.3 Å². The summed E-state index contributed by atoms with van der Waals surface area (Å²) in [6.45, 7) is 4.50. The van der Waals surface area contributed by atoms with Crippen molar-refractivity contribution in [2.75, 3.05) is 22.8 Å². The van der Waals surface area contributed by atoms with Gasteiger partial charge in [0.2, 0.25) is 0 Å². The molecule has 3 rings (SSSR count). The Kier molecular flexibility index (Phi) is 6.74. The highest BCUT2D eigenvalue weighted by atomic mass is 32.2. The fourth-order valence-corrected chi connectivity index (χ4v) is 4.54. The van der Waals surface area contributed by atoms with Crippen LogP contribution in [0, 0.1) is 0 Å². The van der Waals surface area contributed by atoms with E-state index in [2.05, 4.69) is 5.32 Å². The number of carbonyl (C=O) groups is 1. The first-order valence-electron chi connectivity index (χ1n) is 9.67. The Hall–Kier alpha value is -3.32. The molecule has 0 saturated carbocycles. The first-order chi connectivity index (χ1) is 14.5. The van der Waals surface area contributed by atoms with Gasteiger partial charge in [-0.3, -0.25) is 9.10 Å². The molecular formula is C23H24N2O4S. The second kappa shape index (κ2) is 9.45. The fraction of sp³-hybridized carbons (Fsp3) is 0.174. The lowest BCUT2D eigenvalue weighted by atomic mass is 10.2. The van der Waals surface area contributed by atoms with E-state index in [4.69, 9.17) is 4.74 Å². The molecule has 156 valence electrons. The van der Waals surface area contributed by atoms with E-state index in [0.29, 0.717) is 23.7 Å². The number of carbonyl (C=O) groups excluding carboxylic acids is 1. The predicted molar refractivity (Wildman–Crippen MR) is 119 cm³/mol. The molecule has 7 heteroatoms. The van der Waals surface area contributed by atoms with Crippen LogP contribution >= 0.6 is 0 Å². The van der Waals surface area contributed by atoms with Crippen LogP contribution in [0.2, 0.25) is 0 Å². The van der Waals surface area contributed by atoms with Gasteiger partial charge in [0.05, 0.1) is 17.2 Å². The molecule has 3 aromatic rings. The molecule has 0 heterocycles. The van der Waals surface area contributed by atoms with Crippen LogP contribution in [0.3, 0.4) is 0 Å². The van der Waals surface area contributed by atoms with Gasteiger partial charge in [-0.1, -0.05) is 24.3 Å². The number of rotatable bonds is 8. The summed E-state index contributed by atoms with van der Waals surface area (Å²) in [7, 11) is -3.81. The Morgan fingerprint density at radius 2 is 1.63 bits per heavy atom. The van der Waals surface area contributed by atoms with E-state index in [1.165, 1.54) is 16.4 Å². The molecule has 0 aliphatic rings. The Bertz CT molecular complexity index is 1100. The van der Waals surface area contributed by atoms with E-state index >= 15 is 0 Å². The van der Waals surface area contributed by atoms with Crippen LogP contribution < -0.4 is 14.4 Å². The number of nitrogens with one attached hydrogen (secondary N) is 1. The van der Waals surface area contributed by atoms with Crippen molar-refractivity contribution < 1.29 is 17.9 Å². The number of ether oxygens (including phenoxy) is 1. The Balaban J connectivity index is 1.83. The minimum absolute atomic E-state index is 0.0625. The number of para-hydroxylation sites is 1. The zero-order valence-electron chi connectivity index (χ0n) is 16.9. The van der Waals surface area contributed by atoms with Crippen LogP contribution in [0.1, 0.15) is 24.2 Å². The highest BCUT2D eigenvalue weighted by Crippen LogP contribution is 2.24. The van der Waals surface area contributed by atoms with Crippen LogP contribution in [0.15, 0.2) is 83.8 Å². The van der Waals surface area contributed by atoms with Crippen LogP contribution in [0.5, 0.6) is 5.75 Å². The molecule has 3 aromatic carbocycles. The molecular weight excluding hydrogens is 400 g/mol. The van der Waals surface area contributed by atoms with E-state index in [1.54, 1.807) is 67.6 Å². The van der Waals surface area contributed by atoms with Crippen molar-refractivity contribution in [1.29, 1.82) is 0 Å². The van der Waals surface area contributed by atoms with E-state index in [0.717, 1.165) is 0 Å². The minimum atomic E-state index is -3.81. The molecule has 0 spiro atoms. The third-order valence-corrected chi connectivity index (χ3v) is 6.34. The average Bonchev–Trinajstić information content (AvgIpc) is 2.76. The maximum Gasteiger partial charge on any atom is 0.264 e. The highest BCUT2D eigenvalue weighted by Gasteiger charge is 2.24. The lowest BCUT2D eigenvalue weighted by molar-refractivity contribution is 0.102. The van der Waals surface area contributed by atoms with Gasteiger partial charge in [-0.2, -0.15) is 0 Å². The summed E-state index contributed by atoms with van der Waals surface area (Å²) in [5.74, 6) is 0.322. The first kappa shape index (κ1) is 21.4. The molecule has 6 nitrogen and oxygen atoms in total. The first-order valence-corrected chi connectivity index (χ1v) is 11.1. The van der Waals surface area contributed by atoms with Gasteiger partial charge in [-0.15, -0.1) is 0 Å². The Morgan fingerprint density at radius 1 is 0.933 bits per heavy atom. The smallest absolute Gasteiger partial charge is 0.264 e. The van der Waals surface area contributed by atoms with Gasteiger partial charge < -0.3 is 10.1 Å². The van der Waals surface area contributed by atoms with Crippen LogP contribution in [-0.4, -0.2) is 27.5 Å². The monoisotopic (exact) mass is 424 g/mol. The van der Waals surface area contributed by atoms with Crippen molar-refractivity contribution in [3.05, 3.63) is 84.4 Å². The molecule has 0 atom stereocenters. The van der Waals surface area contributed by atoms with E-state index < -0.39 is 10.0 Å². The van der Waals surface area contributed by atoms with E-state index in [1.807, 2.05) is 13.0 Å². The van der Waals surface area contributed by atoms with Gasteiger partial charge in [0.1, 0.15) is 5.75 Å². The molecule has 0 fully saturated rings. The molecule has 0 aliphatic heterocycles. The SMILES string of the molecule is CCOc1ccc(NC(=O)c2cccc(S(=O)(=O)N(CC)c3ccccc3)c2)cc1. The summed E-state index contributed by atoms with van der Waals surface area (Å²) in [6.07, 6.45) is 0. The van der Waals surface area contributed by atoms with Crippen LogP contribution in [-0.2, 0) is 10.0 Å². The second-order valence-corrected chi connectivity index (χ2v) is 8.31. The zero-order chi connectivity index (χ0) is 21.6. The summed E-state index contributed by atoms with van der Waals surface area (Å²) in [6, 6.07) is 21.9. The molecule has 0 bridgehead atoms. The minimum Gasteiger partial charge on any atom is -0.494 e. The summed E-state index contributed by atoms with van der Waals surface area (Å²) in [5.41, 5.74) is 1.43. The van der Waals surface area contributed by atoms with Crippen molar-refractivity contribution in [2.45, 2.75) is 18.7 Å². The summed E-state index contributed by atoms with van der Waals surface area (Å²) >= 11 is 0. The van der Waals surface area contributed by atoms with Crippen molar-refractivity contribution in [1.82, 2.24) is 0 Å². The maximum absolute atomic E-state index is 13.2. The van der Waals surface area contributed by atoms with Gasteiger partial charge >= 0.3 is 0 Å². The standard InChI is InChI=1S/C23H24N2O4S/c1-3-25(20-10-6-5-7-11-20)30(27,28)22-12-8-9-18(17-22)23(26)24-19-13-15-21(16-14-19)29-4-2/h5-17H,3-4H2,1-2H3,(H,24,26). The lowest BCUT2D eigenvalue weighted by Crippen LogP contribution is -2.30. The average molecular weight is 425 g/mol. The zero-order valence-corrected chi connectivity index (χ0v) is 17.7.